The van der Waals surface area contributed by atoms with Crippen LogP contribution in [0.15, 0.2) is 42.5 Å². The Morgan fingerprint density at radius 2 is 1.88 bits per heavy atom. The van der Waals surface area contributed by atoms with E-state index in [1.54, 1.807) is 24.3 Å². The minimum Gasteiger partial charge on any atom is -0.423 e. The lowest BCUT2D eigenvalue weighted by molar-refractivity contribution is -0.142. The lowest BCUT2D eigenvalue weighted by Gasteiger charge is -2.25. The summed E-state index contributed by atoms with van der Waals surface area (Å²) in [5, 5.41) is -0.865. The van der Waals surface area contributed by atoms with Crippen molar-refractivity contribution < 1.29 is 9.53 Å². The van der Waals surface area contributed by atoms with Gasteiger partial charge in [-0.25, -0.2) is 4.79 Å². The molecule has 17 heavy (non-hydrogen) atoms. The van der Waals surface area contributed by atoms with Crippen LogP contribution in [0.4, 0.5) is 0 Å². The second-order valence-electron chi connectivity index (χ2n) is 3.50. The third-order valence-corrected chi connectivity index (χ3v) is 3.34. The van der Waals surface area contributed by atoms with Gasteiger partial charge in [-0.3, -0.25) is 0 Å². The molecular formula is C12H11Cl3O2. The molecule has 1 rings (SSSR count). The number of hydrogen-bond acceptors (Lipinski definition) is 2. The molecule has 5 heteroatoms. The molecule has 1 atom stereocenters. The SMILES string of the molecule is C=C(C)C(=O)OC(Cl)(Cl)C(Cl)c1ccccc1. The van der Waals surface area contributed by atoms with Crippen molar-refractivity contribution >= 4 is 40.8 Å². The highest BCUT2D eigenvalue weighted by Gasteiger charge is 2.39. The van der Waals surface area contributed by atoms with Crippen LogP contribution < -0.4 is 0 Å². The molecule has 0 fully saturated rings. The van der Waals surface area contributed by atoms with Crippen LogP contribution in [0, 0.1) is 0 Å². The quantitative estimate of drug-likeness (QED) is 0.472. The van der Waals surface area contributed by atoms with E-state index < -0.39 is 15.9 Å². The second kappa shape index (κ2) is 5.76. The molecule has 0 radical (unpaired) electrons. The van der Waals surface area contributed by atoms with Gasteiger partial charge in [-0.1, -0.05) is 60.1 Å². The number of ether oxygens (including phenoxy) is 1. The minimum absolute atomic E-state index is 0.201. The third-order valence-electron chi connectivity index (χ3n) is 1.96. The first-order valence-electron chi connectivity index (χ1n) is 4.80. The lowest BCUT2D eigenvalue weighted by atomic mass is 10.1. The first-order valence-corrected chi connectivity index (χ1v) is 5.99. The maximum atomic E-state index is 11.3. The summed E-state index contributed by atoms with van der Waals surface area (Å²) in [5.74, 6) is -0.684. The van der Waals surface area contributed by atoms with Gasteiger partial charge in [0.2, 0.25) is 0 Å². The van der Waals surface area contributed by atoms with E-state index in [0.29, 0.717) is 5.56 Å². The van der Waals surface area contributed by atoms with Gasteiger partial charge >= 0.3 is 5.97 Å². The molecule has 0 saturated heterocycles. The molecule has 1 aromatic rings. The first-order chi connectivity index (χ1) is 7.84. The number of esters is 1. The van der Waals surface area contributed by atoms with Crippen LogP contribution in [-0.2, 0) is 9.53 Å². The number of alkyl halides is 3. The smallest absolute Gasteiger partial charge is 0.335 e. The molecule has 2 nitrogen and oxygen atoms in total. The highest BCUT2D eigenvalue weighted by Crippen LogP contribution is 2.42. The van der Waals surface area contributed by atoms with Gasteiger partial charge in [0.1, 0.15) is 5.38 Å². The number of hydrogen-bond donors (Lipinski definition) is 0. The number of carbonyl (C=O) groups excluding carboxylic acids is 1. The standard InChI is InChI=1S/C12H11Cl3O2/c1-8(2)11(16)17-12(14,15)10(13)9-6-4-3-5-7-9/h3-7,10H,1H2,2H3. The van der Waals surface area contributed by atoms with Crippen molar-refractivity contribution in [2.75, 3.05) is 0 Å². The van der Waals surface area contributed by atoms with Crippen LogP contribution >= 0.6 is 34.8 Å². The predicted octanol–water partition coefficient (Wildman–Crippen LogP) is 4.22. The predicted molar refractivity (Wildman–Crippen MR) is 70.4 cm³/mol. The summed E-state index contributed by atoms with van der Waals surface area (Å²) >= 11 is 17.9. The molecule has 0 aromatic heterocycles. The molecule has 0 saturated carbocycles. The fraction of sp³-hybridized carbons (Fsp3) is 0.250. The average molecular weight is 294 g/mol. The lowest BCUT2D eigenvalue weighted by Crippen LogP contribution is -2.27. The molecule has 0 amide bonds. The normalized spacial score (nSPS) is 12.9. The Morgan fingerprint density at radius 1 is 1.35 bits per heavy atom. The van der Waals surface area contributed by atoms with Gasteiger partial charge in [0, 0.05) is 5.57 Å². The van der Waals surface area contributed by atoms with E-state index >= 15 is 0 Å². The van der Waals surface area contributed by atoms with E-state index in [4.69, 9.17) is 39.5 Å². The van der Waals surface area contributed by atoms with Crippen LogP contribution in [0.3, 0.4) is 0 Å². The average Bonchev–Trinajstić information content (AvgIpc) is 2.28. The van der Waals surface area contributed by atoms with Gasteiger partial charge in [0.25, 0.3) is 4.52 Å². The van der Waals surface area contributed by atoms with E-state index in [2.05, 4.69) is 6.58 Å². The Labute approximate surface area is 115 Å². The van der Waals surface area contributed by atoms with Gasteiger partial charge < -0.3 is 4.74 Å². The van der Waals surface area contributed by atoms with Crippen molar-refractivity contribution in [3.05, 3.63) is 48.0 Å². The van der Waals surface area contributed by atoms with Crippen molar-refractivity contribution in [1.82, 2.24) is 0 Å². The van der Waals surface area contributed by atoms with Crippen LogP contribution in [0.25, 0.3) is 0 Å². The van der Waals surface area contributed by atoms with E-state index in [0.717, 1.165) is 0 Å². The molecule has 0 aliphatic heterocycles. The number of benzene rings is 1. The fourth-order valence-electron chi connectivity index (χ4n) is 1.08. The summed E-state index contributed by atoms with van der Waals surface area (Å²) in [7, 11) is 0. The molecule has 0 bridgehead atoms. The summed E-state index contributed by atoms with van der Waals surface area (Å²) in [6.45, 7) is 4.93. The Kier molecular flexibility index (Phi) is 4.87. The topological polar surface area (TPSA) is 26.3 Å². The Morgan fingerprint density at radius 3 is 2.35 bits per heavy atom. The van der Waals surface area contributed by atoms with Crippen LogP contribution in [0.1, 0.15) is 17.9 Å². The second-order valence-corrected chi connectivity index (χ2v) is 5.26. The number of halogens is 3. The van der Waals surface area contributed by atoms with Crippen molar-refractivity contribution in [1.29, 1.82) is 0 Å². The molecule has 0 N–H and O–H groups in total. The highest BCUT2D eigenvalue weighted by atomic mass is 35.5. The molecule has 92 valence electrons. The Balaban J connectivity index is 2.83. The zero-order chi connectivity index (χ0) is 13.1. The molecule has 0 aliphatic rings. The minimum atomic E-state index is -1.83. The molecule has 0 spiro atoms. The van der Waals surface area contributed by atoms with E-state index in [1.807, 2.05) is 6.07 Å². The zero-order valence-corrected chi connectivity index (χ0v) is 11.4. The maximum Gasteiger partial charge on any atom is 0.335 e. The molecule has 0 aliphatic carbocycles. The molecule has 1 unspecified atom stereocenters. The molecule has 1 aromatic carbocycles. The van der Waals surface area contributed by atoms with Crippen molar-refractivity contribution in [2.45, 2.75) is 16.8 Å². The highest BCUT2D eigenvalue weighted by molar-refractivity contribution is 6.51. The van der Waals surface area contributed by atoms with E-state index in [1.165, 1.54) is 6.92 Å². The van der Waals surface area contributed by atoms with Crippen molar-refractivity contribution in [3.63, 3.8) is 0 Å². The van der Waals surface area contributed by atoms with Gasteiger partial charge in [0.15, 0.2) is 0 Å². The van der Waals surface area contributed by atoms with Gasteiger partial charge in [-0.15, -0.1) is 11.6 Å². The number of rotatable bonds is 4. The third kappa shape index (κ3) is 3.91. The van der Waals surface area contributed by atoms with Crippen LogP contribution in [-0.4, -0.2) is 10.5 Å². The largest absolute Gasteiger partial charge is 0.423 e. The van der Waals surface area contributed by atoms with E-state index in [9.17, 15) is 4.79 Å². The van der Waals surface area contributed by atoms with Crippen LogP contribution in [0.5, 0.6) is 0 Å². The fourth-order valence-corrected chi connectivity index (χ4v) is 1.66. The first kappa shape index (κ1) is 14.4. The summed E-state index contributed by atoms with van der Waals surface area (Å²) in [4.78, 5) is 11.3. The number of carbonyl (C=O) groups is 1. The summed E-state index contributed by atoms with van der Waals surface area (Å²) < 4.78 is 3.04. The zero-order valence-electron chi connectivity index (χ0n) is 9.12. The summed E-state index contributed by atoms with van der Waals surface area (Å²) in [6.07, 6.45) is 0. The molecular weight excluding hydrogens is 282 g/mol. The van der Waals surface area contributed by atoms with Crippen molar-refractivity contribution in [3.8, 4) is 0 Å². The van der Waals surface area contributed by atoms with Crippen molar-refractivity contribution in [2.24, 2.45) is 0 Å². The molecule has 0 heterocycles. The Bertz CT molecular complexity index is 415. The van der Waals surface area contributed by atoms with Gasteiger partial charge in [0.05, 0.1) is 0 Å². The van der Waals surface area contributed by atoms with Gasteiger partial charge in [-0.05, 0) is 12.5 Å². The van der Waals surface area contributed by atoms with E-state index in [-0.39, 0.29) is 5.57 Å². The summed E-state index contributed by atoms with van der Waals surface area (Å²) in [6, 6.07) is 8.89. The van der Waals surface area contributed by atoms with Gasteiger partial charge in [-0.2, -0.15) is 0 Å². The Hall–Kier alpha value is -0.700. The maximum absolute atomic E-state index is 11.3. The van der Waals surface area contributed by atoms with Crippen LogP contribution in [0.2, 0.25) is 0 Å². The summed E-state index contributed by atoms with van der Waals surface area (Å²) in [5.41, 5.74) is 0.862. The monoisotopic (exact) mass is 292 g/mol.